The molecule has 2 rings (SSSR count). The molecule has 2 aromatic rings. The van der Waals surface area contributed by atoms with Gasteiger partial charge in [-0.05, 0) is 62.7 Å². The average molecular weight is 428 g/mol. The van der Waals surface area contributed by atoms with Crippen LogP contribution in [0, 0.1) is 0 Å². The summed E-state index contributed by atoms with van der Waals surface area (Å²) in [5, 5.41) is 11.6. The highest BCUT2D eigenvalue weighted by atomic mass is 16.6. The van der Waals surface area contributed by atoms with Crippen molar-refractivity contribution in [2.45, 2.75) is 38.8 Å². The second-order valence-electron chi connectivity index (χ2n) is 8.21. The van der Waals surface area contributed by atoms with E-state index in [0.29, 0.717) is 11.5 Å². The minimum Gasteiger partial charge on any atom is -0.478 e. The molecular weight excluding hydrogens is 400 g/mol. The minimum atomic E-state index is -1.00. The molecule has 1 atom stereocenters. The Morgan fingerprint density at radius 2 is 1.48 bits per heavy atom. The summed E-state index contributed by atoms with van der Waals surface area (Å²) in [4.78, 5) is 37.0. The normalized spacial score (nSPS) is 11.9. The maximum absolute atomic E-state index is 12.5. The number of carbonyl (C=O) groups excluding carboxylic acids is 2. The van der Waals surface area contributed by atoms with E-state index in [2.05, 4.69) is 5.32 Å². The van der Waals surface area contributed by atoms with E-state index in [1.165, 1.54) is 17.0 Å². The van der Waals surface area contributed by atoms with Crippen molar-refractivity contribution in [2.75, 3.05) is 14.1 Å². The molecule has 2 N–H and O–H groups in total. The lowest BCUT2D eigenvalue weighted by Gasteiger charge is -2.25. The van der Waals surface area contributed by atoms with Crippen LogP contribution in [-0.2, 0) is 16.0 Å². The standard InChI is InChI=1S/C23H28N2O6/c1-23(2,3)31-22(29)24-19(20(26)25(4)5)14-15-6-10-17(11-7-15)30-18-12-8-16(9-13-18)21(27)28/h6-13,19H,14H2,1-5H3,(H,24,29)(H,27,28)/t19-/m0/s1. The fourth-order valence-electron chi connectivity index (χ4n) is 2.69. The molecule has 2 amide bonds. The molecule has 166 valence electrons. The molecule has 0 spiro atoms. The number of nitrogens with one attached hydrogen (secondary N) is 1. The Bertz CT molecular complexity index is 915. The number of likely N-dealkylation sites (N-methyl/N-ethyl adjacent to an activating group) is 1. The number of hydrogen-bond donors (Lipinski definition) is 2. The van der Waals surface area contributed by atoms with Gasteiger partial charge < -0.3 is 24.8 Å². The molecule has 0 aliphatic carbocycles. The van der Waals surface area contributed by atoms with E-state index in [4.69, 9.17) is 14.6 Å². The topological polar surface area (TPSA) is 105 Å². The molecule has 31 heavy (non-hydrogen) atoms. The van der Waals surface area contributed by atoms with Crippen LogP contribution in [0.15, 0.2) is 48.5 Å². The zero-order chi connectivity index (χ0) is 23.2. The number of carbonyl (C=O) groups is 3. The van der Waals surface area contributed by atoms with E-state index in [1.807, 2.05) is 0 Å². The van der Waals surface area contributed by atoms with Gasteiger partial charge in [-0.1, -0.05) is 12.1 Å². The van der Waals surface area contributed by atoms with Crippen LogP contribution in [0.25, 0.3) is 0 Å². The molecule has 0 radical (unpaired) electrons. The van der Waals surface area contributed by atoms with E-state index in [0.717, 1.165) is 5.56 Å². The molecule has 0 heterocycles. The van der Waals surface area contributed by atoms with Gasteiger partial charge in [0.05, 0.1) is 5.56 Å². The lowest BCUT2D eigenvalue weighted by molar-refractivity contribution is -0.130. The summed E-state index contributed by atoms with van der Waals surface area (Å²) in [5.74, 6) is -0.185. The van der Waals surface area contributed by atoms with Gasteiger partial charge in [-0.3, -0.25) is 4.79 Å². The summed E-state index contributed by atoms with van der Waals surface area (Å²) in [5.41, 5.74) is 0.332. The van der Waals surface area contributed by atoms with Crippen molar-refractivity contribution in [1.82, 2.24) is 10.2 Å². The Morgan fingerprint density at radius 3 is 1.94 bits per heavy atom. The van der Waals surface area contributed by atoms with Crippen LogP contribution >= 0.6 is 0 Å². The lowest BCUT2D eigenvalue weighted by atomic mass is 10.0. The predicted molar refractivity (Wildman–Crippen MR) is 115 cm³/mol. The van der Waals surface area contributed by atoms with Gasteiger partial charge in [0.25, 0.3) is 0 Å². The van der Waals surface area contributed by atoms with Gasteiger partial charge in [-0.25, -0.2) is 9.59 Å². The number of carboxylic acid groups (broad SMARTS) is 1. The summed E-state index contributed by atoms with van der Waals surface area (Å²) < 4.78 is 11.0. The Morgan fingerprint density at radius 1 is 0.968 bits per heavy atom. The third-order valence-electron chi connectivity index (χ3n) is 4.13. The number of hydrogen-bond acceptors (Lipinski definition) is 5. The molecular formula is C23H28N2O6. The van der Waals surface area contributed by atoms with E-state index in [-0.39, 0.29) is 17.9 Å². The summed E-state index contributed by atoms with van der Waals surface area (Å²) in [7, 11) is 3.25. The third kappa shape index (κ3) is 7.65. The van der Waals surface area contributed by atoms with Gasteiger partial charge in [0.2, 0.25) is 5.91 Å². The first-order chi connectivity index (χ1) is 14.4. The molecule has 8 heteroatoms. The van der Waals surface area contributed by atoms with Crippen LogP contribution in [0.5, 0.6) is 11.5 Å². The number of alkyl carbamates (subject to hydrolysis) is 1. The van der Waals surface area contributed by atoms with Crippen molar-refractivity contribution in [2.24, 2.45) is 0 Å². The second kappa shape index (κ2) is 9.97. The highest BCUT2D eigenvalue weighted by molar-refractivity contribution is 5.87. The smallest absolute Gasteiger partial charge is 0.408 e. The molecule has 0 unspecified atom stereocenters. The van der Waals surface area contributed by atoms with Crippen molar-refractivity contribution in [3.63, 3.8) is 0 Å². The number of nitrogens with zero attached hydrogens (tertiary/aromatic N) is 1. The fraction of sp³-hybridized carbons (Fsp3) is 0.348. The van der Waals surface area contributed by atoms with Gasteiger partial charge in [0, 0.05) is 20.5 Å². The van der Waals surface area contributed by atoms with E-state index in [1.54, 1.807) is 71.3 Å². The monoisotopic (exact) mass is 428 g/mol. The van der Waals surface area contributed by atoms with Crippen LogP contribution in [0.1, 0.15) is 36.7 Å². The Kier molecular flexibility index (Phi) is 7.63. The Hall–Kier alpha value is -3.55. The molecule has 0 aliphatic rings. The minimum absolute atomic E-state index is 0.178. The molecule has 0 aliphatic heterocycles. The van der Waals surface area contributed by atoms with Crippen LogP contribution < -0.4 is 10.1 Å². The summed E-state index contributed by atoms with van der Waals surface area (Å²) in [6.45, 7) is 5.26. The van der Waals surface area contributed by atoms with Gasteiger partial charge in [-0.2, -0.15) is 0 Å². The van der Waals surface area contributed by atoms with Crippen molar-refractivity contribution < 1.29 is 29.0 Å². The molecule has 0 aromatic heterocycles. The Labute approximate surface area is 181 Å². The predicted octanol–water partition coefficient (Wildman–Crippen LogP) is 3.70. The van der Waals surface area contributed by atoms with Crippen LogP contribution in [-0.4, -0.2) is 53.7 Å². The van der Waals surface area contributed by atoms with Gasteiger partial charge in [0.1, 0.15) is 23.1 Å². The van der Waals surface area contributed by atoms with Crippen LogP contribution in [0.2, 0.25) is 0 Å². The Balaban J connectivity index is 2.06. The number of rotatable bonds is 7. The SMILES string of the molecule is CN(C)C(=O)[C@H](Cc1ccc(Oc2ccc(C(=O)O)cc2)cc1)NC(=O)OC(C)(C)C. The molecule has 0 saturated heterocycles. The third-order valence-corrected chi connectivity index (χ3v) is 4.13. The zero-order valence-corrected chi connectivity index (χ0v) is 18.3. The molecule has 0 fully saturated rings. The van der Waals surface area contributed by atoms with E-state index in [9.17, 15) is 14.4 Å². The number of ether oxygens (including phenoxy) is 2. The number of aromatic carboxylic acids is 1. The number of carboxylic acids is 1. The van der Waals surface area contributed by atoms with E-state index >= 15 is 0 Å². The molecule has 0 bridgehead atoms. The summed E-state index contributed by atoms with van der Waals surface area (Å²) in [6.07, 6.45) is -0.374. The number of benzene rings is 2. The van der Waals surface area contributed by atoms with Crippen molar-refractivity contribution in [1.29, 1.82) is 0 Å². The molecule has 8 nitrogen and oxygen atoms in total. The number of amides is 2. The maximum atomic E-state index is 12.5. The highest BCUT2D eigenvalue weighted by Gasteiger charge is 2.25. The van der Waals surface area contributed by atoms with Gasteiger partial charge in [-0.15, -0.1) is 0 Å². The van der Waals surface area contributed by atoms with Crippen molar-refractivity contribution in [3.05, 3.63) is 59.7 Å². The second-order valence-corrected chi connectivity index (χ2v) is 8.21. The first-order valence-corrected chi connectivity index (χ1v) is 9.75. The fourth-order valence-corrected chi connectivity index (χ4v) is 2.69. The van der Waals surface area contributed by atoms with Crippen molar-refractivity contribution >= 4 is 18.0 Å². The maximum Gasteiger partial charge on any atom is 0.408 e. The highest BCUT2D eigenvalue weighted by Crippen LogP contribution is 2.22. The van der Waals surface area contributed by atoms with Gasteiger partial charge in [0.15, 0.2) is 0 Å². The summed E-state index contributed by atoms with van der Waals surface area (Å²) >= 11 is 0. The largest absolute Gasteiger partial charge is 0.478 e. The molecule has 2 aromatic carbocycles. The van der Waals surface area contributed by atoms with Crippen LogP contribution in [0.3, 0.4) is 0 Å². The zero-order valence-electron chi connectivity index (χ0n) is 18.3. The van der Waals surface area contributed by atoms with Crippen molar-refractivity contribution in [3.8, 4) is 11.5 Å². The lowest BCUT2D eigenvalue weighted by Crippen LogP contribution is -2.48. The van der Waals surface area contributed by atoms with Crippen LogP contribution in [0.4, 0.5) is 4.79 Å². The average Bonchev–Trinajstić information content (AvgIpc) is 2.67. The van der Waals surface area contributed by atoms with Gasteiger partial charge >= 0.3 is 12.1 Å². The first-order valence-electron chi connectivity index (χ1n) is 9.75. The summed E-state index contributed by atoms with van der Waals surface area (Å²) in [6, 6.07) is 12.4. The quantitative estimate of drug-likeness (QED) is 0.697. The molecule has 0 saturated carbocycles. The first kappa shape index (κ1) is 23.7. The van der Waals surface area contributed by atoms with E-state index < -0.39 is 23.7 Å².